The summed E-state index contributed by atoms with van der Waals surface area (Å²) in [5.74, 6) is -1.20. The lowest BCUT2D eigenvalue weighted by atomic mass is 10.1. The number of hydrogen-bond acceptors (Lipinski definition) is 5. The molecule has 2 aromatic rings. The van der Waals surface area contributed by atoms with E-state index in [4.69, 9.17) is 27.6 Å². The summed E-state index contributed by atoms with van der Waals surface area (Å²) in [4.78, 5) is 13.2. The number of benzene rings is 1. The lowest BCUT2D eigenvalue weighted by Crippen LogP contribution is -2.48. The molecule has 0 spiro atoms. The number of hydrogen-bond donors (Lipinski definition) is 1. The second-order valence-electron chi connectivity index (χ2n) is 6.26. The van der Waals surface area contributed by atoms with Crippen molar-refractivity contribution in [2.75, 3.05) is 26.2 Å². The molecule has 27 heavy (non-hydrogen) atoms. The number of nitrogens with zero attached hydrogens (tertiary/aromatic N) is 2. The van der Waals surface area contributed by atoms with Crippen molar-refractivity contribution in [1.82, 2.24) is 9.21 Å². The first-order valence-electron chi connectivity index (χ1n) is 8.18. The smallest absolute Gasteiger partial charge is 0.372 e. The minimum atomic E-state index is -3.81. The average Bonchev–Trinajstić information content (AvgIpc) is 2.96. The Morgan fingerprint density at radius 1 is 1.19 bits per heavy atom. The number of sulfonamides is 1. The molecule has 0 radical (unpaired) electrons. The summed E-state index contributed by atoms with van der Waals surface area (Å²) in [5, 5.41) is 9.39. The van der Waals surface area contributed by atoms with Crippen molar-refractivity contribution in [3.8, 4) is 0 Å². The maximum Gasteiger partial charge on any atom is 0.372 e. The highest BCUT2D eigenvalue weighted by Crippen LogP contribution is 2.32. The van der Waals surface area contributed by atoms with Gasteiger partial charge in [0.1, 0.15) is 4.90 Å². The largest absolute Gasteiger partial charge is 0.475 e. The van der Waals surface area contributed by atoms with Gasteiger partial charge in [-0.05, 0) is 24.6 Å². The molecule has 146 valence electrons. The molecule has 0 unspecified atom stereocenters. The number of piperazine rings is 1. The van der Waals surface area contributed by atoms with E-state index in [1.165, 1.54) is 22.7 Å². The van der Waals surface area contributed by atoms with Gasteiger partial charge >= 0.3 is 5.97 Å². The van der Waals surface area contributed by atoms with Gasteiger partial charge in [0, 0.05) is 38.3 Å². The van der Waals surface area contributed by atoms with Crippen LogP contribution in [0.3, 0.4) is 0 Å². The maximum absolute atomic E-state index is 12.9. The van der Waals surface area contributed by atoms with Gasteiger partial charge < -0.3 is 9.52 Å². The van der Waals surface area contributed by atoms with Crippen LogP contribution in [-0.2, 0) is 16.6 Å². The Hall–Kier alpha value is -1.58. The van der Waals surface area contributed by atoms with Crippen LogP contribution in [0.1, 0.15) is 21.7 Å². The van der Waals surface area contributed by atoms with Crippen molar-refractivity contribution in [3.05, 3.63) is 51.4 Å². The number of rotatable bonds is 5. The number of aromatic carboxylic acids is 1. The number of halogens is 2. The molecule has 10 heteroatoms. The molecule has 0 bridgehead atoms. The van der Waals surface area contributed by atoms with Gasteiger partial charge in [0.15, 0.2) is 0 Å². The van der Waals surface area contributed by atoms with Gasteiger partial charge in [0.2, 0.25) is 15.8 Å². The lowest BCUT2D eigenvalue weighted by molar-refractivity contribution is 0.0658. The summed E-state index contributed by atoms with van der Waals surface area (Å²) >= 11 is 12.1. The quantitative estimate of drug-likeness (QED) is 0.780. The van der Waals surface area contributed by atoms with Crippen molar-refractivity contribution in [1.29, 1.82) is 0 Å². The summed E-state index contributed by atoms with van der Waals surface area (Å²) in [7, 11) is -3.81. The molecule has 2 heterocycles. The van der Waals surface area contributed by atoms with Gasteiger partial charge in [-0.25, -0.2) is 13.2 Å². The highest BCUT2D eigenvalue weighted by Gasteiger charge is 2.32. The Morgan fingerprint density at radius 3 is 2.33 bits per heavy atom. The van der Waals surface area contributed by atoms with Crippen LogP contribution in [0.4, 0.5) is 0 Å². The van der Waals surface area contributed by atoms with Crippen LogP contribution < -0.4 is 0 Å². The van der Waals surface area contributed by atoms with Crippen molar-refractivity contribution >= 4 is 39.2 Å². The number of carboxylic acids is 1. The third kappa shape index (κ3) is 4.00. The van der Waals surface area contributed by atoms with Crippen molar-refractivity contribution in [2.24, 2.45) is 0 Å². The van der Waals surface area contributed by atoms with Crippen molar-refractivity contribution in [2.45, 2.75) is 18.4 Å². The second-order valence-corrected chi connectivity index (χ2v) is 8.95. The first kappa shape index (κ1) is 20.2. The Morgan fingerprint density at radius 2 is 1.78 bits per heavy atom. The van der Waals surface area contributed by atoms with Crippen molar-refractivity contribution in [3.63, 3.8) is 0 Å². The Kier molecular flexibility index (Phi) is 5.83. The number of carboxylic acid groups (broad SMARTS) is 1. The van der Waals surface area contributed by atoms with E-state index < -0.39 is 16.0 Å². The third-order valence-corrected chi connectivity index (χ3v) is 7.38. The zero-order chi connectivity index (χ0) is 19.8. The molecule has 0 atom stereocenters. The maximum atomic E-state index is 12.9. The predicted octanol–water partition coefficient (Wildman–Crippen LogP) is 3.10. The van der Waals surface area contributed by atoms with E-state index in [0.29, 0.717) is 25.2 Å². The standard InChI is InChI=1S/C17H18Cl2N2O5S/c1-11-10-26-15(17(22)23)12(11)9-20-5-7-21(8-6-20)27(24,25)16-13(18)3-2-4-14(16)19/h2-4,10H,5-9H2,1H3,(H,22,23). The van der Waals surface area contributed by atoms with Gasteiger partial charge in [-0.15, -0.1) is 0 Å². The Balaban J connectivity index is 1.73. The fourth-order valence-corrected chi connectivity index (χ4v) is 5.57. The van der Waals surface area contributed by atoms with E-state index in [-0.39, 0.29) is 33.8 Å². The molecule has 1 aliphatic rings. The zero-order valence-electron chi connectivity index (χ0n) is 14.5. The molecule has 3 rings (SSSR count). The molecule has 1 saturated heterocycles. The first-order valence-corrected chi connectivity index (χ1v) is 10.4. The number of carbonyl (C=O) groups is 1. The van der Waals surface area contributed by atoms with Crippen LogP contribution in [0.5, 0.6) is 0 Å². The van der Waals surface area contributed by atoms with E-state index in [1.54, 1.807) is 13.0 Å². The molecule has 1 aliphatic heterocycles. The lowest BCUT2D eigenvalue weighted by Gasteiger charge is -2.34. The van der Waals surface area contributed by atoms with Crippen LogP contribution >= 0.6 is 23.2 Å². The molecule has 0 aliphatic carbocycles. The second kappa shape index (κ2) is 7.81. The van der Waals surface area contributed by atoms with Gasteiger partial charge in [-0.3, -0.25) is 4.90 Å². The Labute approximate surface area is 167 Å². The molecule has 1 fully saturated rings. The topological polar surface area (TPSA) is 91.1 Å². The fourth-order valence-electron chi connectivity index (χ4n) is 3.05. The zero-order valence-corrected chi connectivity index (χ0v) is 16.8. The highest BCUT2D eigenvalue weighted by molar-refractivity contribution is 7.89. The van der Waals surface area contributed by atoms with E-state index in [0.717, 1.165) is 5.56 Å². The number of aryl methyl sites for hydroxylation is 1. The van der Waals surface area contributed by atoms with E-state index in [1.807, 2.05) is 4.90 Å². The first-order chi connectivity index (χ1) is 12.7. The molecule has 7 nitrogen and oxygen atoms in total. The van der Waals surface area contributed by atoms with E-state index in [9.17, 15) is 18.3 Å². The van der Waals surface area contributed by atoms with E-state index in [2.05, 4.69) is 0 Å². The van der Waals surface area contributed by atoms with Crippen LogP contribution in [-0.4, -0.2) is 54.9 Å². The van der Waals surface area contributed by atoms with E-state index >= 15 is 0 Å². The van der Waals surface area contributed by atoms with Crippen molar-refractivity contribution < 1.29 is 22.7 Å². The van der Waals surface area contributed by atoms with Crippen LogP contribution in [0.25, 0.3) is 0 Å². The monoisotopic (exact) mass is 432 g/mol. The molecule has 1 N–H and O–H groups in total. The summed E-state index contributed by atoms with van der Waals surface area (Å²) in [6, 6.07) is 4.58. The van der Waals surface area contributed by atoms with Crippen LogP contribution in [0, 0.1) is 6.92 Å². The molecule has 0 saturated carbocycles. The summed E-state index contributed by atoms with van der Waals surface area (Å²) in [6.07, 6.45) is 1.42. The molecule has 0 amide bonds. The van der Waals surface area contributed by atoms with Crippen LogP contribution in [0.2, 0.25) is 10.0 Å². The summed E-state index contributed by atoms with van der Waals surface area (Å²) < 4.78 is 32.2. The number of furan rings is 1. The Bertz CT molecular complexity index is 945. The molecule has 1 aromatic carbocycles. The van der Waals surface area contributed by atoms with Gasteiger partial charge in [-0.2, -0.15) is 4.31 Å². The third-order valence-electron chi connectivity index (χ3n) is 4.53. The highest BCUT2D eigenvalue weighted by atomic mass is 35.5. The minimum absolute atomic E-state index is 0.0783. The average molecular weight is 433 g/mol. The molecular weight excluding hydrogens is 415 g/mol. The molecular formula is C17H18Cl2N2O5S. The van der Waals surface area contributed by atoms with Gasteiger partial charge in [-0.1, -0.05) is 29.3 Å². The minimum Gasteiger partial charge on any atom is -0.475 e. The predicted molar refractivity (Wildman–Crippen MR) is 101 cm³/mol. The summed E-state index contributed by atoms with van der Waals surface area (Å²) in [6.45, 7) is 3.57. The van der Waals surface area contributed by atoms with Gasteiger partial charge in [0.25, 0.3) is 0 Å². The molecule has 1 aromatic heterocycles. The van der Waals surface area contributed by atoms with Crippen LogP contribution in [0.15, 0.2) is 33.8 Å². The normalized spacial score (nSPS) is 16.6. The fraction of sp³-hybridized carbons (Fsp3) is 0.353. The summed E-state index contributed by atoms with van der Waals surface area (Å²) in [5.41, 5.74) is 1.36. The SMILES string of the molecule is Cc1coc(C(=O)O)c1CN1CCN(S(=O)(=O)c2c(Cl)cccc2Cl)CC1. The van der Waals surface area contributed by atoms with Gasteiger partial charge in [0.05, 0.1) is 16.3 Å².